The van der Waals surface area contributed by atoms with E-state index in [1.807, 2.05) is 13.8 Å². The van der Waals surface area contributed by atoms with Gasteiger partial charge in [0.15, 0.2) is 5.96 Å². The number of halogens is 4. The first-order valence-electron chi connectivity index (χ1n) is 10.3. The van der Waals surface area contributed by atoms with Gasteiger partial charge in [-0.2, -0.15) is 13.2 Å². The molecule has 0 amide bonds. The molecule has 0 radical (unpaired) electrons. The number of guanidine groups is 1. The maximum atomic E-state index is 12.6. The van der Waals surface area contributed by atoms with Crippen molar-refractivity contribution < 1.29 is 17.9 Å². The van der Waals surface area contributed by atoms with Gasteiger partial charge in [-0.15, -0.1) is 24.0 Å². The van der Waals surface area contributed by atoms with E-state index in [2.05, 4.69) is 10.6 Å². The third kappa shape index (κ3) is 9.02. The quantitative estimate of drug-likeness (QED) is 0.210. The first-order chi connectivity index (χ1) is 12.9. The first-order valence-corrected chi connectivity index (χ1v) is 10.3. The molecule has 0 aromatic rings. The molecule has 1 unspecified atom stereocenters. The summed E-state index contributed by atoms with van der Waals surface area (Å²) in [6.07, 6.45) is 2.41. The van der Waals surface area contributed by atoms with Crippen LogP contribution in [-0.2, 0) is 4.74 Å². The topological polar surface area (TPSA) is 48.9 Å². The zero-order valence-electron chi connectivity index (χ0n) is 17.1. The van der Waals surface area contributed by atoms with Crippen molar-refractivity contribution in [3.05, 3.63) is 0 Å². The molecule has 1 aliphatic heterocycles. The van der Waals surface area contributed by atoms with Crippen LogP contribution in [0.4, 0.5) is 13.2 Å². The molecule has 5 nitrogen and oxygen atoms in total. The van der Waals surface area contributed by atoms with Crippen molar-refractivity contribution in [1.82, 2.24) is 15.5 Å². The lowest BCUT2D eigenvalue weighted by atomic mass is 9.83. The Balaban J connectivity index is 0.00000392. The molecule has 0 spiro atoms. The van der Waals surface area contributed by atoms with E-state index in [0.29, 0.717) is 19.5 Å². The van der Waals surface area contributed by atoms with E-state index in [1.165, 1.54) is 30.6 Å². The van der Waals surface area contributed by atoms with E-state index in [9.17, 15) is 13.2 Å². The van der Waals surface area contributed by atoms with E-state index >= 15 is 0 Å². The Labute approximate surface area is 184 Å². The minimum Gasteiger partial charge on any atom is -0.382 e. The van der Waals surface area contributed by atoms with Crippen molar-refractivity contribution in [1.29, 1.82) is 0 Å². The molecule has 2 rings (SSSR count). The van der Waals surface area contributed by atoms with Crippen LogP contribution in [0.2, 0.25) is 0 Å². The highest BCUT2D eigenvalue weighted by Crippen LogP contribution is 2.41. The molecule has 0 aromatic heterocycles. The Morgan fingerprint density at radius 2 is 1.96 bits per heavy atom. The normalized spacial score (nSPS) is 22.9. The van der Waals surface area contributed by atoms with Gasteiger partial charge in [0.05, 0.1) is 6.54 Å². The Morgan fingerprint density at radius 3 is 2.57 bits per heavy atom. The van der Waals surface area contributed by atoms with Gasteiger partial charge in [-0.1, -0.05) is 12.8 Å². The summed E-state index contributed by atoms with van der Waals surface area (Å²) in [6.45, 7) is 7.03. The Kier molecular flexibility index (Phi) is 11.4. The minimum atomic E-state index is -4.14. The maximum Gasteiger partial charge on any atom is 0.401 e. The molecular formula is C19H36F3IN4O. The molecule has 2 N–H and O–H groups in total. The van der Waals surface area contributed by atoms with E-state index in [4.69, 9.17) is 9.73 Å². The molecular weight excluding hydrogens is 484 g/mol. The summed E-state index contributed by atoms with van der Waals surface area (Å²) in [7, 11) is 0. The van der Waals surface area contributed by atoms with Gasteiger partial charge in [-0.25, -0.2) is 0 Å². The Bertz CT molecular complexity index is 471. The van der Waals surface area contributed by atoms with E-state index < -0.39 is 12.7 Å². The number of aliphatic imine (C=N–C) groups is 1. The second-order valence-corrected chi connectivity index (χ2v) is 7.83. The molecule has 28 heavy (non-hydrogen) atoms. The van der Waals surface area contributed by atoms with Crippen LogP contribution in [0.25, 0.3) is 0 Å². The number of nitrogens with zero attached hydrogens (tertiary/aromatic N) is 2. The van der Waals surface area contributed by atoms with Crippen molar-refractivity contribution in [3.8, 4) is 0 Å². The Hall–Kier alpha value is -0.290. The minimum absolute atomic E-state index is 0. The lowest BCUT2D eigenvalue weighted by molar-refractivity contribution is -0.143. The molecule has 166 valence electrons. The number of alkyl halides is 3. The number of hydrogen-bond donors (Lipinski definition) is 2. The average Bonchev–Trinajstić information content (AvgIpc) is 3.22. The van der Waals surface area contributed by atoms with Gasteiger partial charge in [-0.3, -0.25) is 9.89 Å². The summed E-state index contributed by atoms with van der Waals surface area (Å²) >= 11 is 0. The van der Waals surface area contributed by atoms with Gasteiger partial charge in [-0.05, 0) is 44.9 Å². The zero-order chi connectivity index (χ0) is 19.8. The fourth-order valence-electron chi connectivity index (χ4n) is 4.15. The van der Waals surface area contributed by atoms with Crippen LogP contribution in [0.5, 0.6) is 0 Å². The lowest BCUT2D eigenvalue weighted by Gasteiger charge is -2.28. The molecule has 2 fully saturated rings. The number of nitrogens with one attached hydrogen (secondary N) is 2. The largest absolute Gasteiger partial charge is 0.401 e. The second-order valence-electron chi connectivity index (χ2n) is 7.83. The van der Waals surface area contributed by atoms with Crippen LogP contribution in [0, 0.1) is 5.41 Å². The van der Waals surface area contributed by atoms with E-state index in [0.717, 1.165) is 38.7 Å². The van der Waals surface area contributed by atoms with Crippen LogP contribution in [0.3, 0.4) is 0 Å². The van der Waals surface area contributed by atoms with Crippen LogP contribution in [-0.4, -0.2) is 69.0 Å². The fraction of sp³-hybridized carbons (Fsp3) is 0.947. The van der Waals surface area contributed by atoms with E-state index in [1.54, 1.807) is 0 Å². The number of rotatable bonds is 9. The van der Waals surface area contributed by atoms with Gasteiger partial charge >= 0.3 is 6.18 Å². The molecule has 0 bridgehead atoms. The first kappa shape index (κ1) is 25.7. The standard InChI is InChI=1S/C19H35F3N4O.HI/c1-3-23-17(25-16-7-11-26(13-16)15-19(20,21)22)24-14-18(8-5-6-9-18)10-12-27-4-2;/h16H,3-15H2,1-2H3,(H2,23,24,25);1H. The Morgan fingerprint density at radius 1 is 1.25 bits per heavy atom. The molecule has 9 heteroatoms. The summed E-state index contributed by atoms with van der Waals surface area (Å²) in [5.41, 5.74) is 0.204. The number of hydrogen-bond acceptors (Lipinski definition) is 3. The number of ether oxygens (including phenoxy) is 1. The molecule has 1 saturated carbocycles. The van der Waals surface area contributed by atoms with Gasteiger partial charge < -0.3 is 15.4 Å². The van der Waals surface area contributed by atoms with Gasteiger partial charge in [0.2, 0.25) is 0 Å². The third-order valence-electron chi connectivity index (χ3n) is 5.58. The van der Waals surface area contributed by atoms with Crippen molar-refractivity contribution in [3.63, 3.8) is 0 Å². The van der Waals surface area contributed by atoms with Crippen LogP contribution in [0.1, 0.15) is 52.4 Å². The predicted molar refractivity (Wildman–Crippen MR) is 117 cm³/mol. The predicted octanol–water partition coefficient (Wildman–Crippen LogP) is 3.78. The van der Waals surface area contributed by atoms with Gasteiger partial charge in [0.25, 0.3) is 0 Å². The molecule has 0 aromatic carbocycles. The smallest absolute Gasteiger partial charge is 0.382 e. The zero-order valence-corrected chi connectivity index (χ0v) is 19.4. The van der Waals surface area contributed by atoms with Crippen molar-refractivity contribution in [2.24, 2.45) is 10.4 Å². The highest BCUT2D eigenvalue weighted by atomic mass is 127. The van der Waals surface area contributed by atoms with Crippen LogP contribution < -0.4 is 10.6 Å². The monoisotopic (exact) mass is 520 g/mol. The summed E-state index contributed by atoms with van der Waals surface area (Å²) in [6, 6.07) is 0.00750. The fourth-order valence-corrected chi connectivity index (χ4v) is 4.15. The number of likely N-dealkylation sites (tertiary alicyclic amines) is 1. The second kappa shape index (κ2) is 12.4. The highest BCUT2D eigenvalue weighted by Gasteiger charge is 2.35. The van der Waals surface area contributed by atoms with Gasteiger partial charge in [0.1, 0.15) is 0 Å². The summed E-state index contributed by atoms with van der Waals surface area (Å²) in [5, 5.41) is 6.59. The summed E-state index contributed by atoms with van der Waals surface area (Å²) < 4.78 is 43.3. The molecule has 1 atom stereocenters. The average molecular weight is 520 g/mol. The third-order valence-corrected chi connectivity index (χ3v) is 5.58. The molecule has 2 aliphatic rings. The van der Waals surface area contributed by atoms with Crippen molar-refractivity contribution in [2.45, 2.75) is 64.6 Å². The van der Waals surface area contributed by atoms with Crippen LogP contribution in [0.15, 0.2) is 4.99 Å². The SMILES string of the molecule is CCNC(=NCC1(CCOCC)CCCC1)NC1CCN(CC(F)(F)F)C1.I. The summed E-state index contributed by atoms with van der Waals surface area (Å²) in [4.78, 5) is 6.27. The molecule has 1 aliphatic carbocycles. The summed E-state index contributed by atoms with van der Waals surface area (Å²) in [5.74, 6) is 0.721. The molecule has 1 heterocycles. The van der Waals surface area contributed by atoms with Crippen LogP contribution >= 0.6 is 24.0 Å². The van der Waals surface area contributed by atoms with E-state index in [-0.39, 0.29) is 35.4 Å². The lowest BCUT2D eigenvalue weighted by Crippen LogP contribution is -2.45. The maximum absolute atomic E-state index is 12.6. The van der Waals surface area contributed by atoms with Crippen molar-refractivity contribution >= 4 is 29.9 Å². The van der Waals surface area contributed by atoms with Gasteiger partial charge in [0, 0.05) is 45.4 Å². The molecule has 1 saturated heterocycles. The van der Waals surface area contributed by atoms with Crippen molar-refractivity contribution in [2.75, 3.05) is 45.9 Å². The highest BCUT2D eigenvalue weighted by molar-refractivity contribution is 14.0.